The number of thiophene rings is 1. The fourth-order valence-electron chi connectivity index (χ4n) is 1.85. The lowest BCUT2D eigenvalue weighted by molar-refractivity contribution is 0.538. The average molecular weight is 330 g/mol. The Bertz CT molecular complexity index is 653. The molecule has 108 valence electrons. The van der Waals surface area contributed by atoms with Crippen LogP contribution < -0.4 is 4.72 Å². The molecule has 0 spiro atoms. The van der Waals surface area contributed by atoms with Gasteiger partial charge in [-0.25, -0.2) is 13.1 Å². The van der Waals surface area contributed by atoms with E-state index in [9.17, 15) is 8.42 Å². The summed E-state index contributed by atoms with van der Waals surface area (Å²) in [5, 5.41) is 2.61. The summed E-state index contributed by atoms with van der Waals surface area (Å²) in [5.74, 6) is 0. The fraction of sp³-hybridized carbons (Fsp3) is 0.286. The van der Waals surface area contributed by atoms with Gasteiger partial charge in [0.1, 0.15) is 0 Å². The summed E-state index contributed by atoms with van der Waals surface area (Å²) in [5.41, 5.74) is 0. The van der Waals surface area contributed by atoms with E-state index in [0.29, 0.717) is 17.9 Å². The lowest BCUT2D eigenvalue weighted by Crippen LogP contribution is -2.35. The molecular weight excluding hydrogens is 314 g/mol. The Morgan fingerprint density at radius 2 is 1.95 bits per heavy atom. The highest BCUT2D eigenvalue weighted by Gasteiger charge is 2.20. The molecule has 0 saturated carbocycles. The molecule has 2 aromatic rings. The second-order valence-electron chi connectivity index (χ2n) is 4.44. The second-order valence-corrected chi connectivity index (χ2v) is 7.56. The van der Waals surface area contributed by atoms with E-state index in [-0.39, 0.29) is 10.9 Å². The topological polar surface area (TPSA) is 46.2 Å². The molecule has 0 fully saturated rings. The molecule has 0 bridgehead atoms. The van der Waals surface area contributed by atoms with Crippen LogP contribution in [0.3, 0.4) is 0 Å². The molecule has 0 amide bonds. The zero-order chi connectivity index (χ0) is 14.6. The summed E-state index contributed by atoms with van der Waals surface area (Å²) in [6.07, 6.45) is 1.32. The zero-order valence-electron chi connectivity index (χ0n) is 11.0. The Morgan fingerprint density at radius 3 is 2.50 bits per heavy atom. The Balaban J connectivity index is 2.12. The van der Waals surface area contributed by atoms with Gasteiger partial charge in [-0.3, -0.25) is 0 Å². The van der Waals surface area contributed by atoms with Crippen molar-refractivity contribution in [3.63, 3.8) is 0 Å². The van der Waals surface area contributed by atoms with Gasteiger partial charge in [0.2, 0.25) is 10.0 Å². The molecular formula is C14H16ClNO2S2. The predicted molar refractivity (Wildman–Crippen MR) is 83.9 cm³/mol. The summed E-state index contributed by atoms with van der Waals surface area (Å²) in [4.78, 5) is 1.30. The summed E-state index contributed by atoms with van der Waals surface area (Å²) < 4.78 is 27.3. The lowest BCUT2D eigenvalue weighted by atomic mass is 10.1. The molecule has 3 nitrogen and oxygen atoms in total. The van der Waals surface area contributed by atoms with Crippen LogP contribution >= 0.6 is 22.9 Å². The van der Waals surface area contributed by atoms with Crippen molar-refractivity contribution in [3.05, 3.63) is 51.7 Å². The molecule has 1 unspecified atom stereocenters. The highest BCUT2D eigenvalue weighted by Crippen LogP contribution is 2.24. The minimum Gasteiger partial charge on any atom is -0.208 e. The van der Waals surface area contributed by atoms with Crippen LogP contribution in [0, 0.1) is 0 Å². The first-order valence-electron chi connectivity index (χ1n) is 6.32. The highest BCUT2D eigenvalue weighted by atomic mass is 35.5. The molecule has 1 heterocycles. The molecule has 2 rings (SSSR count). The van der Waals surface area contributed by atoms with Gasteiger partial charge in [0, 0.05) is 10.9 Å². The number of sulfonamides is 1. The van der Waals surface area contributed by atoms with Crippen molar-refractivity contribution in [2.24, 2.45) is 0 Å². The van der Waals surface area contributed by atoms with E-state index in [4.69, 9.17) is 11.6 Å². The van der Waals surface area contributed by atoms with Crippen molar-refractivity contribution >= 4 is 33.0 Å². The van der Waals surface area contributed by atoms with Crippen LogP contribution in [-0.2, 0) is 16.4 Å². The summed E-state index contributed by atoms with van der Waals surface area (Å²) >= 11 is 7.61. The van der Waals surface area contributed by atoms with E-state index in [1.54, 1.807) is 41.7 Å². The monoisotopic (exact) mass is 329 g/mol. The molecule has 0 aliphatic heterocycles. The van der Waals surface area contributed by atoms with Gasteiger partial charge in [-0.1, -0.05) is 36.7 Å². The maximum atomic E-state index is 12.3. The van der Waals surface area contributed by atoms with Gasteiger partial charge in [-0.2, -0.15) is 0 Å². The van der Waals surface area contributed by atoms with Gasteiger partial charge < -0.3 is 0 Å². The van der Waals surface area contributed by atoms with E-state index in [1.807, 2.05) is 18.4 Å². The number of hydrogen-bond donors (Lipinski definition) is 1. The van der Waals surface area contributed by atoms with Crippen LogP contribution in [0.2, 0.25) is 5.02 Å². The maximum Gasteiger partial charge on any atom is 0.240 e. The molecule has 1 aromatic heterocycles. The Hall–Kier alpha value is -0.880. The van der Waals surface area contributed by atoms with Crippen molar-refractivity contribution in [1.29, 1.82) is 0 Å². The number of benzene rings is 1. The molecule has 1 aromatic carbocycles. The van der Waals surface area contributed by atoms with Crippen LogP contribution in [0.1, 0.15) is 18.2 Å². The zero-order valence-corrected chi connectivity index (χ0v) is 13.4. The van der Waals surface area contributed by atoms with E-state index in [0.717, 1.165) is 4.88 Å². The fourth-order valence-corrected chi connectivity index (χ4v) is 4.39. The van der Waals surface area contributed by atoms with Crippen molar-refractivity contribution in [1.82, 2.24) is 4.72 Å². The third-order valence-corrected chi connectivity index (χ3v) is 5.94. The quantitative estimate of drug-likeness (QED) is 0.878. The lowest BCUT2D eigenvalue weighted by Gasteiger charge is -2.16. The molecule has 0 aliphatic carbocycles. The summed E-state index contributed by atoms with van der Waals surface area (Å²) in [6, 6.07) is 10.1. The minimum absolute atomic E-state index is 0.156. The number of hydrogen-bond acceptors (Lipinski definition) is 3. The van der Waals surface area contributed by atoms with Crippen LogP contribution in [-0.4, -0.2) is 14.5 Å². The van der Waals surface area contributed by atoms with Crippen molar-refractivity contribution in [2.75, 3.05) is 0 Å². The first-order valence-corrected chi connectivity index (χ1v) is 9.06. The average Bonchev–Trinajstić information content (AvgIpc) is 2.84. The highest BCUT2D eigenvalue weighted by molar-refractivity contribution is 7.89. The summed E-state index contributed by atoms with van der Waals surface area (Å²) in [6.45, 7) is 1.96. The minimum atomic E-state index is -3.48. The number of nitrogens with one attached hydrogen (secondary N) is 1. The van der Waals surface area contributed by atoms with Gasteiger partial charge in [-0.05, 0) is 36.4 Å². The standard InChI is InChI=1S/C14H16ClNO2S2/c1-2-11(10-14-13(15)8-9-19-14)16-20(17,18)12-6-4-3-5-7-12/h3-9,11,16H,2,10H2,1H3. The number of halogens is 1. The molecule has 0 aliphatic rings. The van der Waals surface area contributed by atoms with Crippen LogP contribution in [0.5, 0.6) is 0 Å². The SMILES string of the molecule is CCC(Cc1sccc1Cl)NS(=O)(=O)c1ccccc1. The Morgan fingerprint density at radius 1 is 1.25 bits per heavy atom. The normalized spacial score (nSPS) is 13.3. The molecule has 0 radical (unpaired) electrons. The maximum absolute atomic E-state index is 12.3. The molecule has 1 N–H and O–H groups in total. The van der Waals surface area contributed by atoms with Crippen LogP contribution in [0.25, 0.3) is 0 Å². The summed E-state index contributed by atoms with van der Waals surface area (Å²) in [7, 11) is -3.48. The van der Waals surface area contributed by atoms with E-state index in [2.05, 4.69) is 4.72 Å². The van der Waals surface area contributed by atoms with Gasteiger partial charge >= 0.3 is 0 Å². The predicted octanol–water partition coefficient (Wildman–Crippen LogP) is 3.70. The molecule has 1 atom stereocenters. The molecule has 0 saturated heterocycles. The Labute approximate surface area is 128 Å². The van der Waals surface area contributed by atoms with Crippen LogP contribution in [0.4, 0.5) is 0 Å². The largest absolute Gasteiger partial charge is 0.240 e. The van der Waals surface area contributed by atoms with E-state index < -0.39 is 10.0 Å². The third kappa shape index (κ3) is 3.82. The van der Waals surface area contributed by atoms with Crippen molar-refractivity contribution < 1.29 is 8.42 Å². The third-order valence-electron chi connectivity index (χ3n) is 2.99. The molecule has 6 heteroatoms. The van der Waals surface area contributed by atoms with E-state index >= 15 is 0 Å². The van der Waals surface area contributed by atoms with Gasteiger partial charge in [0.05, 0.1) is 9.92 Å². The number of rotatable bonds is 6. The van der Waals surface area contributed by atoms with Gasteiger partial charge in [0.25, 0.3) is 0 Å². The smallest absolute Gasteiger partial charge is 0.208 e. The first-order chi connectivity index (χ1) is 9.53. The van der Waals surface area contributed by atoms with Crippen molar-refractivity contribution in [2.45, 2.75) is 30.7 Å². The van der Waals surface area contributed by atoms with Gasteiger partial charge in [0.15, 0.2) is 0 Å². The van der Waals surface area contributed by atoms with E-state index in [1.165, 1.54) is 0 Å². The van der Waals surface area contributed by atoms with Crippen LogP contribution in [0.15, 0.2) is 46.7 Å². The second kappa shape index (κ2) is 6.72. The van der Waals surface area contributed by atoms with Gasteiger partial charge in [-0.15, -0.1) is 11.3 Å². The van der Waals surface area contributed by atoms with Crippen molar-refractivity contribution in [3.8, 4) is 0 Å². The Kier molecular flexibility index (Phi) is 5.21. The molecule has 20 heavy (non-hydrogen) atoms. The first kappa shape index (κ1) is 15.5.